The minimum Gasteiger partial charge on any atom is -0.354 e. The number of benzene rings is 4. The molecule has 0 saturated heterocycles. The molecule has 1 N–H and O–H groups in total. The van der Waals surface area contributed by atoms with Gasteiger partial charge in [-0.05, 0) is 35.6 Å². The number of nitrogens with one attached hydrogen (secondary N) is 1. The summed E-state index contributed by atoms with van der Waals surface area (Å²) in [5.41, 5.74) is 1.67. The van der Waals surface area contributed by atoms with E-state index < -0.39 is 28.5 Å². The Kier molecular flexibility index (Phi) is 10.5. The molecule has 0 aliphatic rings. The predicted molar refractivity (Wildman–Crippen MR) is 170 cm³/mol. The van der Waals surface area contributed by atoms with Crippen LogP contribution in [-0.2, 0) is 32.6 Å². The SMILES string of the molecule is CCCNC(=O)C(Cc1ccccc1)N(Cc1c(Cl)cccc1Cl)C(=O)CN(c1cccc2ccccc12)S(C)(=O)=O. The van der Waals surface area contributed by atoms with Crippen molar-refractivity contribution in [2.75, 3.05) is 23.7 Å². The third kappa shape index (κ3) is 7.62. The number of sulfonamides is 1. The van der Waals surface area contributed by atoms with Gasteiger partial charge < -0.3 is 10.2 Å². The van der Waals surface area contributed by atoms with Crippen LogP contribution in [-0.4, -0.2) is 50.5 Å². The highest BCUT2D eigenvalue weighted by molar-refractivity contribution is 7.92. The van der Waals surface area contributed by atoms with Crippen molar-refractivity contribution in [1.82, 2.24) is 10.2 Å². The van der Waals surface area contributed by atoms with Crippen LogP contribution < -0.4 is 9.62 Å². The molecule has 0 aromatic heterocycles. The Labute approximate surface area is 257 Å². The molecule has 0 bridgehead atoms. The summed E-state index contributed by atoms with van der Waals surface area (Å²) in [6.07, 6.45) is 1.97. The second kappa shape index (κ2) is 14.1. The number of hydrogen-bond acceptors (Lipinski definition) is 4. The molecular formula is C32H33Cl2N3O4S. The topological polar surface area (TPSA) is 86.8 Å². The van der Waals surface area contributed by atoms with Crippen molar-refractivity contribution in [3.8, 4) is 0 Å². The molecule has 220 valence electrons. The smallest absolute Gasteiger partial charge is 0.244 e. The van der Waals surface area contributed by atoms with Gasteiger partial charge in [0.15, 0.2) is 0 Å². The van der Waals surface area contributed by atoms with E-state index in [1.807, 2.05) is 67.6 Å². The molecule has 10 heteroatoms. The highest BCUT2D eigenvalue weighted by Crippen LogP contribution is 2.30. The molecular weight excluding hydrogens is 593 g/mol. The molecule has 0 saturated carbocycles. The fraction of sp³-hybridized carbons (Fsp3) is 0.250. The number of halogens is 2. The lowest BCUT2D eigenvalue weighted by Gasteiger charge is -2.34. The summed E-state index contributed by atoms with van der Waals surface area (Å²) in [6, 6.07) is 26.1. The Bertz CT molecular complexity index is 1640. The minimum absolute atomic E-state index is 0.0957. The lowest BCUT2D eigenvalue weighted by Crippen LogP contribution is -2.53. The molecule has 4 aromatic carbocycles. The molecule has 0 radical (unpaired) electrons. The van der Waals surface area contributed by atoms with Crippen molar-refractivity contribution in [1.29, 1.82) is 0 Å². The Morgan fingerprint density at radius 2 is 1.48 bits per heavy atom. The van der Waals surface area contributed by atoms with E-state index in [0.29, 0.717) is 39.6 Å². The summed E-state index contributed by atoms with van der Waals surface area (Å²) in [5, 5.41) is 5.09. The van der Waals surface area contributed by atoms with Gasteiger partial charge in [0.2, 0.25) is 21.8 Å². The van der Waals surface area contributed by atoms with Gasteiger partial charge in [0.1, 0.15) is 12.6 Å². The van der Waals surface area contributed by atoms with Crippen LogP contribution in [0.25, 0.3) is 10.8 Å². The van der Waals surface area contributed by atoms with Gasteiger partial charge in [0.25, 0.3) is 0 Å². The second-order valence-corrected chi connectivity index (χ2v) is 12.7. The minimum atomic E-state index is -3.91. The fourth-order valence-electron chi connectivity index (χ4n) is 4.79. The van der Waals surface area contributed by atoms with Gasteiger partial charge in [-0.15, -0.1) is 0 Å². The van der Waals surface area contributed by atoms with Crippen LogP contribution in [0.15, 0.2) is 91.0 Å². The number of rotatable bonds is 12. The summed E-state index contributed by atoms with van der Waals surface area (Å²) in [6.45, 7) is 1.74. The third-order valence-electron chi connectivity index (χ3n) is 6.92. The normalized spacial score (nSPS) is 12.1. The molecule has 4 aromatic rings. The van der Waals surface area contributed by atoms with E-state index in [1.165, 1.54) is 4.90 Å². The van der Waals surface area contributed by atoms with Crippen LogP contribution in [0.3, 0.4) is 0 Å². The third-order valence-corrected chi connectivity index (χ3v) is 8.76. The summed E-state index contributed by atoms with van der Waals surface area (Å²) in [5.74, 6) is -0.926. The lowest BCUT2D eigenvalue weighted by molar-refractivity contribution is -0.140. The van der Waals surface area contributed by atoms with Crippen LogP contribution in [0.2, 0.25) is 10.0 Å². The Hall–Kier alpha value is -3.59. The number of fused-ring (bicyclic) bond motifs is 1. The van der Waals surface area contributed by atoms with Gasteiger partial charge in [0.05, 0.1) is 11.9 Å². The molecule has 0 fully saturated rings. The molecule has 42 heavy (non-hydrogen) atoms. The van der Waals surface area contributed by atoms with Crippen LogP contribution >= 0.6 is 23.2 Å². The van der Waals surface area contributed by atoms with Gasteiger partial charge in [0, 0.05) is 40.5 Å². The summed E-state index contributed by atoms with van der Waals surface area (Å²) < 4.78 is 27.4. The first kappa shape index (κ1) is 31.3. The van der Waals surface area contributed by atoms with E-state index >= 15 is 0 Å². The van der Waals surface area contributed by atoms with Gasteiger partial charge >= 0.3 is 0 Å². The van der Waals surface area contributed by atoms with Crippen molar-refractivity contribution >= 4 is 61.5 Å². The Morgan fingerprint density at radius 1 is 0.857 bits per heavy atom. The quantitative estimate of drug-likeness (QED) is 0.207. The molecule has 0 heterocycles. The monoisotopic (exact) mass is 625 g/mol. The number of anilines is 1. The van der Waals surface area contributed by atoms with Crippen LogP contribution in [0.1, 0.15) is 24.5 Å². The van der Waals surface area contributed by atoms with Crippen molar-refractivity contribution in [2.24, 2.45) is 0 Å². The average molecular weight is 627 g/mol. The van der Waals surface area contributed by atoms with E-state index in [-0.39, 0.29) is 18.9 Å². The first-order chi connectivity index (χ1) is 20.1. The number of hydrogen-bond donors (Lipinski definition) is 1. The van der Waals surface area contributed by atoms with Gasteiger partial charge in [-0.3, -0.25) is 13.9 Å². The molecule has 0 aliphatic carbocycles. The maximum atomic E-state index is 14.3. The fourth-order valence-corrected chi connectivity index (χ4v) is 6.17. The van der Waals surface area contributed by atoms with E-state index in [0.717, 1.165) is 21.5 Å². The largest absolute Gasteiger partial charge is 0.354 e. The van der Waals surface area contributed by atoms with Crippen LogP contribution in [0.5, 0.6) is 0 Å². The number of amides is 2. The van der Waals surface area contributed by atoms with E-state index in [1.54, 1.807) is 30.3 Å². The van der Waals surface area contributed by atoms with Crippen LogP contribution in [0, 0.1) is 0 Å². The first-order valence-electron chi connectivity index (χ1n) is 13.6. The number of carbonyl (C=O) groups excluding carboxylic acids is 2. The van der Waals surface area contributed by atoms with E-state index in [4.69, 9.17) is 23.2 Å². The molecule has 0 aliphatic heterocycles. The van der Waals surface area contributed by atoms with Crippen molar-refractivity contribution in [2.45, 2.75) is 32.4 Å². The van der Waals surface area contributed by atoms with Crippen molar-refractivity contribution < 1.29 is 18.0 Å². The maximum Gasteiger partial charge on any atom is 0.244 e. The molecule has 1 atom stereocenters. The Morgan fingerprint density at radius 3 is 2.14 bits per heavy atom. The summed E-state index contributed by atoms with van der Waals surface area (Å²) in [4.78, 5) is 29.3. The lowest BCUT2D eigenvalue weighted by atomic mass is 10.0. The Balaban J connectivity index is 1.81. The zero-order valence-corrected chi connectivity index (χ0v) is 25.8. The maximum absolute atomic E-state index is 14.3. The zero-order valence-electron chi connectivity index (χ0n) is 23.5. The molecule has 2 amide bonds. The average Bonchev–Trinajstić information content (AvgIpc) is 2.97. The molecule has 0 spiro atoms. The molecule has 1 unspecified atom stereocenters. The summed E-state index contributed by atoms with van der Waals surface area (Å²) >= 11 is 13.0. The van der Waals surface area contributed by atoms with Crippen molar-refractivity contribution in [3.63, 3.8) is 0 Å². The second-order valence-electron chi connectivity index (χ2n) is 9.99. The van der Waals surface area contributed by atoms with E-state index in [2.05, 4.69) is 5.32 Å². The van der Waals surface area contributed by atoms with Gasteiger partial charge in [-0.2, -0.15) is 0 Å². The van der Waals surface area contributed by atoms with Crippen molar-refractivity contribution in [3.05, 3.63) is 112 Å². The first-order valence-corrected chi connectivity index (χ1v) is 16.2. The van der Waals surface area contributed by atoms with E-state index in [9.17, 15) is 18.0 Å². The highest BCUT2D eigenvalue weighted by Gasteiger charge is 2.34. The number of carbonyl (C=O) groups is 2. The van der Waals surface area contributed by atoms with Gasteiger partial charge in [-0.25, -0.2) is 8.42 Å². The predicted octanol–water partition coefficient (Wildman–Crippen LogP) is 6.08. The number of nitrogens with zero attached hydrogens (tertiary/aromatic N) is 2. The van der Waals surface area contributed by atoms with Crippen LogP contribution in [0.4, 0.5) is 5.69 Å². The molecule has 4 rings (SSSR count). The summed E-state index contributed by atoms with van der Waals surface area (Å²) in [7, 11) is -3.91. The standard InChI is InChI=1S/C32H33Cl2N3O4S/c1-3-19-35-32(39)30(20-23-11-5-4-6-12-23)36(21-26-27(33)16-10-17-28(26)34)31(38)22-37(42(2,40)41)29-18-9-14-24-13-7-8-15-25(24)29/h4-18,30H,3,19-22H2,1-2H3,(H,35,39). The van der Waals surface area contributed by atoms with Gasteiger partial charge in [-0.1, -0.05) is 103 Å². The highest BCUT2D eigenvalue weighted by atomic mass is 35.5. The zero-order chi connectivity index (χ0) is 30.3. The molecule has 7 nitrogen and oxygen atoms in total.